The normalized spacial score (nSPS) is 22.7. The summed E-state index contributed by atoms with van der Waals surface area (Å²) >= 11 is 0. The molecule has 0 aliphatic carbocycles. The monoisotopic (exact) mass is 398 g/mol. The molecule has 2 saturated heterocycles. The largest absolute Gasteiger partial charge is 0.337 e. The Hall–Kier alpha value is -2.21. The number of nitrogens with one attached hydrogen (secondary N) is 1. The molecule has 6 heteroatoms. The molecule has 1 aromatic carbocycles. The highest BCUT2D eigenvalue weighted by Crippen LogP contribution is 2.39. The van der Waals surface area contributed by atoms with Gasteiger partial charge in [-0.05, 0) is 61.9 Å². The van der Waals surface area contributed by atoms with Gasteiger partial charge in [0.15, 0.2) is 0 Å². The minimum absolute atomic E-state index is 0.0452. The van der Waals surface area contributed by atoms with E-state index in [-0.39, 0.29) is 17.1 Å². The van der Waals surface area contributed by atoms with Crippen LogP contribution in [-0.2, 0) is 13.0 Å². The van der Waals surface area contributed by atoms with Gasteiger partial charge in [-0.15, -0.1) is 0 Å². The van der Waals surface area contributed by atoms with E-state index in [9.17, 15) is 9.18 Å². The zero-order chi connectivity index (χ0) is 20.4. The maximum Gasteiger partial charge on any atom is 0.274 e. The third-order valence-corrected chi connectivity index (χ3v) is 6.26. The molecule has 2 aliphatic rings. The summed E-state index contributed by atoms with van der Waals surface area (Å²) in [5.74, 6) is 0.385. The number of nitrogens with zero attached hydrogens (tertiary/aromatic N) is 3. The predicted octanol–water partition coefficient (Wildman–Crippen LogP) is 3.88. The average molecular weight is 399 g/mol. The molecule has 1 aromatic heterocycles. The number of likely N-dealkylation sites (tertiary alicyclic amines) is 2. The molecule has 0 saturated carbocycles. The fourth-order valence-corrected chi connectivity index (χ4v) is 4.91. The summed E-state index contributed by atoms with van der Waals surface area (Å²) in [7, 11) is 0. The molecule has 0 unspecified atom stereocenters. The van der Waals surface area contributed by atoms with Gasteiger partial charge in [-0.2, -0.15) is 5.10 Å². The molecule has 2 aromatic rings. The van der Waals surface area contributed by atoms with Crippen LogP contribution in [0.15, 0.2) is 30.3 Å². The van der Waals surface area contributed by atoms with Crippen molar-refractivity contribution in [1.29, 1.82) is 0 Å². The van der Waals surface area contributed by atoms with Crippen LogP contribution in [0, 0.1) is 17.2 Å². The zero-order valence-electron chi connectivity index (χ0n) is 17.5. The number of rotatable bonds is 5. The first-order valence-electron chi connectivity index (χ1n) is 10.7. The van der Waals surface area contributed by atoms with E-state index in [4.69, 9.17) is 0 Å². The Morgan fingerprint density at radius 2 is 2.00 bits per heavy atom. The Kier molecular flexibility index (Phi) is 5.72. The van der Waals surface area contributed by atoms with Crippen molar-refractivity contribution in [3.8, 4) is 0 Å². The fourth-order valence-electron chi connectivity index (χ4n) is 4.91. The smallest absolute Gasteiger partial charge is 0.274 e. The highest BCUT2D eigenvalue weighted by Gasteiger charge is 2.43. The number of carbonyl (C=O) groups excluding carboxylic acids is 1. The molecule has 1 spiro atoms. The Balaban J connectivity index is 1.38. The number of aromatic nitrogens is 2. The van der Waals surface area contributed by atoms with Crippen LogP contribution in [0.25, 0.3) is 0 Å². The second-order valence-electron chi connectivity index (χ2n) is 9.29. The molecule has 2 fully saturated rings. The van der Waals surface area contributed by atoms with E-state index in [1.807, 2.05) is 23.1 Å². The van der Waals surface area contributed by atoms with Crippen molar-refractivity contribution in [2.24, 2.45) is 11.3 Å². The van der Waals surface area contributed by atoms with Gasteiger partial charge in [-0.25, -0.2) is 4.39 Å². The van der Waals surface area contributed by atoms with Gasteiger partial charge >= 0.3 is 0 Å². The average Bonchev–Trinajstić information content (AvgIpc) is 3.30. The van der Waals surface area contributed by atoms with E-state index in [1.54, 1.807) is 0 Å². The van der Waals surface area contributed by atoms with E-state index in [2.05, 4.69) is 28.9 Å². The lowest BCUT2D eigenvalue weighted by Gasteiger charge is -2.40. The molecular formula is C23H31FN4O. The first-order valence-corrected chi connectivity index (χ1v) is 10.7. The van der Waals surface area contributed by atoms with Crippen LogP contribution in [0.4, 0.5) is 4.39 Å². The highest BCUT2D eigenvalue weighted by atomic mass is 19.1. The maximum atomic E-state index is 13.2. The van der Waals surface area contributed by atoms with Crippen LogP contribution in [0.2, 0.25) is 0 Å². The number of benzene rings is 1. The molecule has 156 valence electrons. The minimum Gasteiger partial charge on any atom is -0.337 e. The van der Waals surface area contributed by atoms with Gasteiger partial charge in [0, 0.05) is 37.3 Å². The van der Waals surface area contributed by atoms with Crippen LogP contribution >= 0.6 is 0 Å². The van der Waals surface area contributed by atoms with Crippen molar-refractivity contribution in [3.63, 3.8) is 0 Å². The number of halogens is 1. The summed E-state index contributed by atoms with van der Waals surface area (Å²) in [4.78, 5) is 17.4. The van der Waals surface area contributed by atoms with Crippen LogP contribution in [0.1, 0.15) is 54.9 Å². The second-order valence-corrected chi connectivity index (χ2v) is 9.29. The number of H-pyrrole nitrogens is 1. The minimum atomic E-state index is -0.191. The van der Waals surface area contributed by atoms with E-state index in [1.165, 1.54) is 12.1 Å². The molecule has 29 heavy (non-hydrogen) atoms. The zero-order valence-corrected chi connectivity index (χ0v) is 17.5. The van der Waals surface area contributed by atoms with Gasteiger partial charge in [0.05, 0.1) is 0 Å². The van der Waals surface area contributed by atoms with Crippen molar-refractivity contribution < 1.29 is 9.18 Å². The summed E-state index contributed by atoms with van der Waals surface area (Å²) in [6.45, 7) is 8.82. The van der Waals surface area contributed by atoms with E-state index in [0.29, 0.717) is 11.6 Å². The highest BCUT2D eigenvalue weighted by molar-refractivity contribution is 5.92. The molecule has 2 aliphatic heterocycles. The fraction of sp³-hybridized carbons (Fsp3) is 0.565. The molecule has 3 heterocycles. The lowest BCUT2D eigenvalue weighted by Crippen LogP contribution is -2.45. The lowest BCUT2D eigenvalue weighted by atomic mass is 9.79. The maximum absolute atomic E-state index is 13.2. The number of piperidine rings is 1. The third kappa shape index (κ3) is 4.69. The summed E-state index contributed by atoms with van der Waals surface area (Å²) in [5, 5.41) is 7.29. The molecule has 1 N–H and O–H groups in total. The van der Waals surface area contributed by atoms with Crippen molar-refractivity contribution in [1.82, 2.24) is 20.0 Å². The quantitative estimate of drug-likeness (QED) is 0.832. The standard InChI is InChI=1S/C23H31FN4O/c1-17(2)12-20-13-21(26-25-20)22(29)28-11-9-23(16-28)8-3-10-27(15-23)14-18-4-6-19(24)7-5-18/h4-7,13,17H,3,8-12,14-16H2,1-2H3,(H,25,26)/t23-/m1/s1. The van der Waals surface area contributed by atoms with Gasteiger partial charge in [0.2, 0.25) is 0 Å². The van der Waals surface area contributed by atoms with E-state index >= 15 is 0 Å². The molecule has 5 nitrogen and oxygen atoms in total. The van der Waals surface area contributed by atoms with E-state index < -0.39 is 0 Å². The number of carbonyl (C=O) groups is 1. The van der Waals surface area contributed by atoms with Crippen molar-refractivity contribution in [2.75, 3.05) is 26.2 Å². The Morgan fingerprint density at radius 1 is 1.21 bits per heavy atom. The van der Waals surface area contributed by atoms with Crippen molar-refractivity contribution in [2.45, 2.75) is 46.1 Å². The summed E-state index contributed by atoms with van der Waals surface area (Å²) in [5.41, 5.74) is 2.88. The molecular weight excluding hydrogens is 367 g/mol. The van der Waals surface area contributed by atoms with Crippen LogP contribution < -0.4 is 0 Å². The Labute approximate surface area is 172 Å². The third-order valence-electron chi connectivity index (χ3n) is 6.26. The second kappa shape index (κ2) is 8.27. The number of hydrogen-bond donors (Lipinski definition) is 1. The molecule has 1 amide bonds. The topological polar surface area (TPSA) is 52.2 Å². The predicted molar refractivity (Wildman–Crippen MR) is 111 cm³/mol. The SMILES string of the molecule is CC(C)Cc1cc(C(=O)N2CC[C@@]3(CCCN(Cc4ccc(F)cc4)C3)C2)n[nH]1. The summed E-state index contributed by atoms with van der Waals surface area (Å²) in [6, 6.07) is 8.71. The van der Waals surface area contributed by atoms with Crippen molar-refractivity contribution >= 4 is 5.91 Å². The first kappa shape index (κ1) is 20.1. The Morgan fingerprint density at radius 3 is 2.76 bits per heavy atom. The van der Waals surface area contributed by atoms with Gasteiger partial charge in [0.25, 0.3) is 5.91 Å². The number of aromatic amines is 1. The number of hydrogen-bond acceptors (Lipinski definition) is 3. The van der Waals surface area contributed by atoms with Crippen LogP contribution in [0.5, 0.6) is 0 Å². The van der Waals surface area contributed by atoms with Gasteiger partial charge in [0.1, 0.15) is 11.5 Å². The number of amides is 1. The van der Waals surface area contributed by atoms with Crippen molar-refractivity contribution in [3.05, 3.63) is 53.1 Å². The Bertz CT molecular complexity index is 847. The molecule has 4 rings (SSSR count). The molecule has 1 atom stereocenters. The summed E-state index contributed by atoms with van der Waals surface area (Å²) in [6.07, 6.45) is 4.25. The van der Waals surface area contributed by atoms with Gasteiger partial charge in [-0.3, -0.25) is 14.8 Å². The first-order chi connectivity index (χ1) is 13.9. The lowest BCUT2D eigenvalue weighted by molar-refractivity contribution is 0.0671. The van der Waals surface area contributed by atoms with Crippen LogP contribution in [-0.4, -0.2) is 52.1 Å². The van der Waals surface area contributed by atoms with Gasteiger partial charge in [-0.1, -0.05) is 26.0 Å². The molecule has 0 radical (unpaired) electrons. The molecule has 0 bridgehead atoms. The van der Waals surface area contributed by atoms with E-state index in [0.717, 1.165) is 69.7 Å². The van der Waals surface area contributed by atoms with Gasteiger partial charge < -0.3 is 4.90 Å². The van der Waals surface area contributed by atoms with Crippen LogP contribution in [0.3, 0.4) is 0 Å². The summed E-state index contributed by atoms with van der Waals surface area (Å²) < 4.78 is 13.2.